The lowest BCUT2D eigenvalue weighted by molar-refractivity contribution is 0.171. The van der Waals surface area contributed by atoms with E-state index in [1.807, 2.05) is 35.9 Å². The van der Waals surface area contributed by atoms with Crippen molar-refractivity contribution >= 4 is 38.9 Å². The summed E-state index contributed by atoms with van der Waals surface area (Å²) in [5.41, 5.74) is 3.88. The van der Waals surface area contributed by atoms with E-state index in [0.29, 0.717) is 5.02 Å². The standard InChI is InChI=1S/C13H14BrClN2OS/c1-8(18-10-4-2-3-9(15)5-10)13(17-16)11-6-19-7-12(11)14/h2-8,13,17H,16H2,1H3. The van der Waals surface area contributed by atoms with E-state index in [-0.39, 0.29) is 12.1 Å². The molecule has 2 atom stereocenters. The Labute approximate surface area is 129 Å². The number of thiophene rings is 1. The summed E-state index contributed by atoms with van der Waals surface area (Å²) in [4.78, 5) is 0. The van der Waals surface area contributed by atoms with Crippen LogP contribution in [0.3, 0.4) is 0 Å². The normalized spacial score (nSPS) is 14.1. The first kappa shape index (κ1) is 14.8. The predicted molar refractivity (Wildman–Crippen MR) is 83.6 cm³/mol. The number of nitrogens with one attached hydrogen (secondary N) is 1. The molecule has 1 aromatic carbocycles. The first-order chi connectivity index (χ1) is 9.11. The smallest absolute Gasteiger partial charge is 0.121 e. The molecule has 3 N–H and O–H groups in total. The van der Waals surface area contributed by atoms with Crippen LogP contribution in [0.15, 0.2) is 39.5 Å². The van der Waals surface area contributed by atoms with Crippen molar-refractivity contribution in [2.45, 2.75) is 19.1 Å². The van der Waals surface area contributed by atoms with E-state index in [1.54, 1.807) is 17.4 Å². The van der Waals surface area contributed by atoms with Gasteiger partial charge in [-0.05, 0) is 52.0 Å². The summed E-state index contributed by atoms with van der Waals surface area (Å²) < 4.78 is 6.91. The van der Waals surface area contributed by atoms with E-state index in [2.05, 4.69) is 21.4 Å². The van der Waals surface area contributed by atoms with Crippen molar-refractivity contribution < 1.29 is 4.74 Å². The van der Waals surface area contributed by atoms with Crippen LogP contribution in [-0.2, 0) is 0 Å². The van der Waals surface area contributed by atoms with Gasteiger partial charge in [0.15, 0.2) is 0 Å². The topological polar surface area (TPSA) is 47.3 Å². The molecular weight excluding hydrogens is 348 g/mol. The van der Waals surface area contributed by atoms with Gasteiger partial charge in [0, 0.05) is 14.9 Å². The van der Waals surface area contributed by atoms with Crippen molar-refractivity contribution in [1.29, 1.82) is 0 Å². The number of hydrazine groups is 1. The highest BCUT2D eigenvalue weighted by atomic mass is 79.9. The SMILES string of the molecule is CC(Oc1cccc(Cl)c1)C(NN)c1cscc1Br. The van der Waals surface area contributed by atoms with Gasteiger partial charge < -0.3 is 4.74 Å². The largest absolute Gasteiger partial charge is 0.489 e. The molecule has 1 heterocycles. The van der Waals surface area contributed by atoms with Gasteiger partial charge in [-0.3, -0.25) is 5.84 Å². The zero-order chi connectivity index (χ0) is 13.8. The van der Waals surface area contributed by atoms with Crippen LogP contribution in [0.5, 0.6) is 5.75 Å². The first-order valence-corrected chi connectivity index (χ1v) is 7.83. The average Bonchev–Trinajstić information content (AvgIpc) is 2.77. The molecule has 1 aromatic heterocycles. The summed E-state index contributed by atoms with van der Waals surface area (Å²) >= 11 is 11.1. The highest BCUT2D eigenvalue weighted by molar-refractivity contribution is 9.10. The van der Waals surface area contributed by atoms with Gasteiger partial charge in [0.05, 0.1) is 6.04 Å². The quantitative estimate of drug-likeness (QED) is 0.621. The third kappa shape index (κ3) is 3.70. The Bertz CT molecular complexity index is 549. The highest BCUT2D eigenvalue weighted by Gasteiger charge is 2.22. The number of ether oxygens (including phenoxy) is 1. The van der Waals surface area contributed by atoms with Gasteiger partial charge >= 0.3 is 0 Å². The third-order valence-corrected chi connectivity index (χ3v) is 4.73. The van der Waals surface area contributed by atoms with Crippen LogP contribution in [0.25, 0.3) is 0 Å². The van der Waals surface area contributed by atoms with Gasteiger partial charge in [0.2, 0.25) is 0 Å². The van der Waals surface area contributed by atoms with Gasteiger partial charge in [-0.15, -0.1) is 0 Å². The second-order valence-electron chi connectivity index (χ2n) is 4.10. The van der Waals surface area contributed by atoms with Crippen LogP contribution < -0.4 is 16.0 Å². The first-order valence-electron chi connectivity index (χ1n) is 5.71. The fourth-order valence-electron chi connectivity index (χ4n) is 1.81. The Kier molecular flexibility index (Phi) is 5.24. The molecule has 2 aromatic rings. The number of benzene rings is 1. The summed E-state index contributed by atoms with van der Waals surface area (Å²) in [6, 6.07) is 7.23. The van der Waals surface area contributed by atoms with Crippen LogP contribution in [0, 0.1) is 0 Å². The van der Waals surface area contributed by atoms with Crippen molar-refractivity contribution in [3.05, 3.63) is 50.1 Å². The van der Waals surface area contributed by atoms with Gasteiger partial charge in [-0.25, -0.2) is 5.43 Å². The minimum atomic E-state index is -0.130. The second kappa shape index (κ2) is 6.72. The van der Waals surface area contributed by atoms with Crippen molar-refractivity contribution in [3.63, 3.8) is 0 Å². The molecule has 0 saturated heterocycles. The van der Waals surface area contributed by atoms with Crippen LogP contribution in [0.1, 0.15) is 18.5 Å². The number of hydrogen-bond acceptors (Lipinski definition) is 4. The van der Waals surface area contributed by atoms with E-state index in [9.17, 15) is 0 Å². The molecule has 0 saturated carbocycles. The highest BCUT2D eigenvalue weighted by Crippen LogP contribution is 2.30. The van der Waals surface area contributed by atoms with Gasteiger partial charge in [0.1, 0.15) is 11.9 Å². The minimum Gasteiger partial charge on any atom is -0.489 e. The molecule has 0 amide bonds. The number of rotatable bonds is 5. The maximum Gasteiger partial charge on any atom is 0.121 e. The van der Waals surface area contributed by atoms with E-state index in [4.69, 9.17) is 22.2 Å². The predicted octanol–water partition coefficient (Wildman–Crippen LogP) is 4.14. The second-order valence-corrected chi connectivity index (χ2v) is 6.13. The van der Waals surface area contributed by atoms with Crippen molar-refractivity contribution in [3.8, 4) is 5.75 Å². The molecule has 0 aliphatic carbocycles. The molecule has 0 aliphatic rings. The lowest BCUT2D eigenvalue weighted by atomic mass is 10.1. The fraction of sp³-hybridized carbons (Fsp3) is 0.231. The summed E-state index contributed by atoms with van der Waals surface area (Å²) in [7, 11) is 0. The zero-order valence-corrected chi connectivity index (χ0v) is 13.4. The number of halogens is 2. The fourth-order valence-corrected chi connectivity index (χ4v) is 3.57. The van der Waals surface area contributed by atoms with Crippen molar-refractivity contribution in [1.82, 2.24) is 5.43 Å². The van der Waals surface area contributed by atoms with Crippen LogP contribution in [0.4, 0.5) is 0 Å². The molecule has 6 heteroatoms. The van der Waals surface area contributed by atoms with Crippen LogP contribution >= 0.6 is 38.9 Å². The lowest BCUT2D eigenvalue weighted by Gasteiger charge is -2.24. The van der Waals surface area contributed by atoms with E-state index in [0.717, 1.165) is 15.8 Å². The zero-order valence-electron chi connectivity index (χ0n) is 10.3. The minimum absolute atomic E-state index is 0.0976. The van der Waals surface area contributed by atoms with Crippen molar-refractivity contribution in [2.75, 3.05) is 0 Å². The molecule has 0 radical (unpaired) electrons. The van der Waals surface area contributed by atoms with Crippen LogP contribution in [0.2, 0.25) is 5.02 Å². The van der Waals surface area contributed by atoms with E-state index >= 15 is 0 Å². The molecular formula is C13H14BrClN2OS. The van der Waals surface area contributed by atoms with E-state index < -0.39 is 0 Å². The summed E-state index contributed by atoms with van der Waals surface area (Å²) in [5.74, 6) is 6.37. The average molecular weight is 362 g/mol. The number of nitrogens with two attached hydrogens (primary N) is 1. The molecule has 0 bridgehead atoms. The van der Waals surface area contributed by atoms with Gasteiger partial charge in [0.25, 0.3) is 0 Å². The molecule has 0 spiro atoms. The molecule has 2 unspecified atom stereocenters. The Balaban J connectivity index is 2.14. The molecule has 0 fully saturated rings. The number of hydrogen-bond donors (Lipinski definition) is 2. The Hall–Kier alpha value is -0.590. The Morgan fingerprint density at radius 2 is 2.21 bits per heavy atom. The third-order valence-electron chi connectivity index (χ3n) is 2.74. The Morgan fingerprint density at radius 1 is 1.42 bits per heavy atom. The van der Waals surface area contributed by atoms with Gasteiger partial charge in [-0.1, -0.05) is 17.7 Å². The summed E-state index contributed by atoms with van der Waals surface area (Å²) in [6.45, 7) is 1.97. The van der Waals surface area contributed by atoms with E-state index in [1.165, 1.54) is 0 Å². The van der Waals surface area contributed by atoms with Crippen LogP contribution in [-0.4, -0.2) is 6.10 Å². The maximum atomic E-state index is 5.94. The van der Waals surface area contributed by atoms with Gasteiger partial charge in [-0.2, -0.15) is 11.3 Å². The summed E-state index contributed by atoms with van der Waals surface area (Å²) in [5, 5.41) is 4.72. The molecule has 19 heavy (non-hydrogen) atoms. The van der Waals surface area contributed by atoms with Crippen molar-refractivity contribution in [2.24, 2.45) is 5.84 Å². The molecule has 2 rings (SSSR count). The molecule has 3 nitrogen and oxygen atoms in total. The molecule has 102 valence electrons. The Morgan fingerprint density at radius 3 is 2.79 bits per heavy atom. The monoisotopic (exact) mass is 360 g/mol. The lowest BCUT2D eigenvalue weighted by Crippen LogP contribution is -2.37. The maximum absolute atomic E-state index is 5.94. The summed E-state index contributed by atoms with van der Waals surface area (Å²) in [6.07, 6.45) is -0.130. The molecule has 0 aliphatic heterocycles.